The van der Waals surface area contributed by atoms with Gasteiger partial charge in [0, 0.05) is 47.4 Å². The molecule has 2 heterocycles. The van der Waals surface area contributed by atoms with Gasteiger partial charge >= 0.3 is 0 Å². The predicted molar refractivity (Wildman–Crippen MR) is 140 cm³/mol. The van der Waals surface area contributed by atoms with E-state index < -0.39 is 0 Å². The van der Waals surface area contributed by atoms with Gasteiger partial charge in [0.25, 0.3) is 11.8 Å². The van der Waals surface area contributed by atoms with Crippen LogP contribution in [-0.2, 0) is 0 Å². The molecule has 2 aliphatic heterocycles. The molecule has 6 heteroatoms. The number of nitrogens with one attached hydrogen (secondary N) is 2. The zero-order valence-electron chi connectivity index (χ0n) is 21.1. The van der Waals surface area contributed by atoms with Crippen LogP contribution in [0, 0.1) is 0 Å². The van der Waals surface area contributed by atoms with Crippen molar-refractivity contribution >= 4 is 11.8 Å². The van der Waals surface area contributed by atoms with Gasteiger partial charge < -0.3 is 9.80 Å². The molecule has 0 saturated heterocycles. The Morgan fingerprint density at radius 1 is 0.583 bits per heavy atom. The number of carbonyl (C=O) groups is 2. The second kappa shape index (κ2) is 10.3. The average Bonchev–Trinajstić information content (AvgIpc) is 3.34. The van der Waals surface area contributed by atoms with Gasteiger partial charge in [-0.25, -0.2) is 0 Å². The van der Waals surface area contributed by atoms with Gasteiger partial charge in [0.2, 0.25) is 0 Å². The van der Waals surface area contributed by atoms with Crippen LogP contribution in [0.25, 0.3) is 0 Å². The first-order valence-electron chi connectivity index (χ1n) is 14.0. The van der Waals surface area contributed by atoms with Crippen LogP contribution in [-0.4, -0.2) is 46.8 Å². The van der Waals surface area contributed by atoms with E-state index in [9.17, 15) is 9.59 Å². The van der Waals surface area contributed by atoms with Gasteiger partial charge in [-0.1, -0.05) is 74.9 Å². The number of hydrogen-bond acceptors (Lipinski definition) is 4. The summed E-state index contributed by atoms with van der Waals surface area (Å²) < 4.78 is 0. The third-order valence-corrected chi connectivity index (χ3v) is 8.70. The number of fused-ring (bicyclic) bond motifs is 2. The summed E-state index contributed by atoms with van der Waals surface area (Å²) in [5.74, 6) is 0.139. The Bertz CT molecular complexity index is 1020. The number of hydrogen-bond donors (Lipinski definition) is 2. The van der Waals surface area contributed by atoms with Crippen molar-refractivity contribution in [1.82, 2.24) is 20.4 Å². The van der Waals surface area contributed by atoms with Gasteiger partial charge in [-0.05, 0) is 37.8 Å². The third-order valence-electron chi connectivity index (χ3n) is 8.70. The average molecular weight is 487 g/mol. The maximum Gasteiger partial charge on any atom is 0.255 e. The van der Waals surface area contributed by atoms with E-state index in [1.54, 1.807) is 0 Å². The smallest absolute Gasteiger partial charge is 0.255 e. The lowest BCUT2D eigenvalue weighted by atomic mass is 9.95. The Kier molecular flexibility index (Phi) is 6.81. The number of amides is 2. The summed E-state index contributed by atoms with van der Waals surface area (Å²) in [6.07, 6.45) is 12.0. The molecule has 36 heavy (non-hydrogen) atoms. The minimum absolute atomic E-state index is 0.0693. The van der Waals surface area contributed by atoms with Gasteiger partial charge in [-0.2, -0.15) is 0 Å². The summed E-state index contributed by atoms with van der Waals surface area (Å²) in [6.45, 7) is 1.03. The van der Waals surface area contributed by atoms with Gasteiger partial charge in [0.15, 0.2) is 0 Å². The van der Waals surface area contributed by atoms with E-state index in [0.717, 1.165) is 47.9 Å². The van der Waals surface area contributed by atoms with Crippen molar-refractivity contribution in [3.8, 4) is 0 Å². The largest absolute Gasteiger partial charge is 0.317 e. The standard InChI is InChI=1S/C30H38N4O2/c35-29-25-17-9-7-15-23(25)27(31-21-11-3-1-4-12-21)33(29)19-20-34-28(32-22-13-5-2-6-14-22)24-16-8-10-18-26(24)30(34)36/h7-10,15-18,21-22,27-28,31-32H,1-6,11-14,19-20H2. The van der Waals surface area contributed by atoms with E-state index in [1.165, 1.54) is 38.5 Å². The maximum absolute atomic E-state index is 13.5. The van der Waals surface area contributed by atoms with Gasteiger partial charge in [0.1, 0.15) is 12.3 Å². The lowest BCUT2D eigenvalue weighted by molar-refractivity contribution is 0.0533. The summed E-state index contributed by atoms with van der Waals surface area (Å²) in [5.41, 5.74) is 3.72. The van der Waals surface area contributed by atoms with Crippen molar-refractivity contribution in [2.24, 2.45) is 0 Å². The first-order chi connectivity index (χ1) is 17.7. The SMILES string of the molecule is O=C1c2ccccc2C(NC2CCCCC2)N1CCN1C(=O)c2ccccc2C1NC1CCCCC1. The number of nitrogens with zero attached hydrogens (tertiary/aromatic N) is 2. The molecule has 0 bridgehead atoms. The molecule has 2 N–H and O–H groups in total. The summed E-state index contributed by atoms with van der Waals surface area (Å²) in [4.78, 5) is 31.0. The van der Waals surface area contributed by atoms with Crippen molar-refractivity contribution in [3.05, 3.63) is 70.8 Å². The molecule has 0 radical (unpaired) electrons. The summed E-state index contributed by atoms with van der Waals surface area (Å²) >= 11 is 0. The van der Waals surface area contributed by atoms with E-state index in [1.807, 2.05) is 46.2 Å². The number of carbonyl (C=O) groups excluding carboxylic acids is 2. The molecular weight excluding hydrogens is 448 g/mol. The van der Waals surface area contributed by atoms with Gasteiger partial charge in [0.05, 0.1) is 0 Å². The molecule has 6 nitrogen and oxygen atoms in total. The molecule has 0 aromatic heterocycles. The van der Waals surface area contributed by atoms with E-state index in [-0.39, 0.29) is 24.1 Å². The first-order valence-corrected chi connectivity index (χ1v) is 14.0. The molecule has 6 rings (SSSR count). The fourth-order valence-corrected chi connectivity index (χ4v) is 6.76. The highest BCUT2D eigenvalue weighted by molar-refractivity contribution is 6.00. The molecule has 2 aromatic rings. The fraction of sp³-hybridized carbons (Fsp3) is 0.533. The summed E-state index contributed by atoms with van der Waals surface area (Å²) in [7, 11) is 0. The molecule has 2 unspecified atom stereocenters. The zero-order chi connectivity index (χ0) is 24.5. The van der Waals surface area contributed by atoms with Crippen LogP contribution in [0.15, 0.2) is 48.5 Å². The minimum Gasteiger partial charge on any atom is -0.317 e. The minimum atomic E-state index is -0.123. The summed E-state index contributed by atoms with van der Waals surface area (Å²) in [5, 5.41) is 7.64. The van der Waals surface area contributed by atoms with E-state index >= 15 is 0 Å². The second-order valence-electron chi connectivity index (χ2n) is 11.0. The lowest BCUT2D eigenvalue weighted by Crippen LogP contribution is -2.48. The number of rotatable bonds is 7. The zero-order valence-corrected chi connectivity index (χ0v) is 21.1. The van der Waals surface area contributed by atoms with Gasteiger partial charge in [-0.3, -0.25) is 20.2 Å². The van der Waals surface area contributed by atoms with Crippen LogP contribution in [0.2, 0.25) is 0 Å². The second-order valence-corrected chi connectivity index (χ2v) is 11.0. The highest BCUT2D eigenvalue weighted by Gasteiger charge is 2.41. The van der Waals surface area contributed by atoms with Gasteiger partial charge in [-0.15, -0.1) is 0 Å². The van der Waals surface area contributed by atoms with Crippen LogP contribution in [0.4, 0.5) is 0 Å². The van der Waals surface area contributed by atoms with Crippen molar-refractivity contribution in [3.63, 3.8) is 0 Å². The van der Waals surface area contributed by atoms with E-state index in [2.05, 4.69) is 22.8 Å². The fourth-order valence-electron chi connectivity index (χ4n) is 6.76. The van der Waals surface area contributed by atoms with Crippen molar-refractivity contribution in [2.45, 2.75) is 88.6 Å². The molecule has 0 spiro atoms. The Labute approximate surface area is 214 Å². The highest BCUT2D eigenvalue weighted by Crippen LogP contribution is 2.36. The Balaban J connectivity index is 1.22. The predicted octanol–water partition coefficient (Wildman–Crippen LogP) is 5.14. The molecule has 190 valence electrons. The lowest BCUT2D eigenvalue weighted by Gasteiger charge is -2.35. The van der Waals surface area contributed by atoms with Crippen molar-refractivity contribution < 1.29 is 9.59 Å². The Morgan fingerprint density at radius 2 is 0.972 bits per heavy atom. The first kappa shape index (κ1) is 23.7. The normalized spacial score (nSPS) is 24.9. The topological polar surface area (TPSA) is 64.7 Å². The number of benzene rings is 2. The van der Waals surface area contributed by atoms with Crippen LogP contribution in [0.5, 0.6) is 0 Å². The summed E-state index contributed by atoms with van der Waals surface area (Å²) in [6, 6.07) is 16.9. The van der Waals surface area contributed by atoms with Crippen LogP contribution in [0.1, 0.15) is 108 Å². The van der Waals surface area contributed by atoms with E-state index in [4.69, 9.17) is 0 Å². The quantitative estimate of drug-likeness (QED) is 0.569. The van der Waals surface area contributed by atoms with Crippen LogP contribution >= 0.6 is 0 Å². The van der Waals surface area contributed by atoms with Crippen molar-refractivity contribution in [1.29, 1.82) is 0 Å². The van der Waals surface area contributed by atoms with Crippen LogP contribution in [0.3, 0.4) is 0 Å². The molecular formula is C30H38N4O2. The maximum atomic E-state index is 13.5. The van der Waals surface area contributed by atoms with Crippen LogP contribution < -0.4 is 10.6 Å². The molecule has 2 aromatic carbocycles. The molecule has 4 aliphatic rings. The molecule has 2 aliphatic carbocycles. The Hall–Kier alpha value is -2.70. The molecule has 2 amide bonds. The monoisotopic (exact) mass is 486 g/mol. The molecule has 2 atom stereocenters. The molecule has 2 saturated carbocycles. The van der Waals surface area contributed by atoms with E-state index in [0.29, 0.717) is 25.2 Å². The Morgan fingerprint density at radius 3 is 1.39 bits per heavy atom. The highest BCUT2D eigenvalue weighted by atomic mass is 16.2. The third kappa shape index (κ3) is 4.46. The van der Waals surface area contributed by atoms with Crippen molar-refractivity contribution in [2.75, 3.05) is 13.1 Å². The molecule has 2 fully saturated rings.